The van der Waals surface area contributed by atoms with Crippen molar-refractivity contribution in [1.82, 2.24) is 4.90 Å². The number of aliphatic hydroxyl groups is 1. The summed E-state index contributed by atoms with van der Waals surface area (Å²) < 4.78 is 13.1. The molecule has 2 rings (SSSR count). The van der Waals surface area contributed by atoms with Crippen LogP contribution >= 0.6 is 0 Å². The van der Waals surface area contributed by atoms with E-state index in [1.807, 2.05) is 4.90 Å². The van der Waals surface area contributed by atoms with Crippen molar-refractivity contribution in [3.8, 4) is 0 Å². The Morgan fingerprint density at radius 2 is 2.15 bits per heavy atom. The number of hydrogen-bond acceptors (Lipinski definition) is 4. The van der Waals surface area contributed by atoms with Crippen molar-refractivity contribution in [2.45, 2.75) is 12.8 Å². The van der Waals surface area contributed by atoms with Gasteiger partial charge in [0.15, 0.2) is 0 Å². The van der Waals surface area contributed by atoms with Gasteiger partial charge < -0.3 is 16.2 Å². The zero-order valence-corrected chi connectivity index (χ0v) is 11.3. The Kier molecular flexibility index (Phi) is 4.92. The highest BCUT2D eigenvalue weighted by atomic mass is 19.1. The van der Waals surface area contributed by atoms with Gasteiger partial charge in [0.05, 0.1) is 17.9 Å². The number of aliphatic hydroxyl groups excluding tert-OH is 1. The monoisotopic (exact) mass is 281 g/mol. The number of rotatable bonds is 4. The van der Waals surface area contributed by atoms with E-state index in [4.69, 9.17) is 10.8 Å². The first kappa shape index (κ1) is 14.7. The van der Waals surface area contributed by atoms with Gasteiger partial charge in [0.2, 0.25) is 5.91 Å². The highest BCUT2D eigenvalue weighted by molar-refractivity contribution is 5.95. The van der Waals surface area contributed by atoms with Gasteiger partial charge in [-0.2, -0.15) is 0 Å². The van der Waals surface area contributed by atoms with E-state index in [2.05, 4.69) is 5.32 Å². The van der Waals surface area contributed by atoms with Crippen molar-refractivity contribution in [1.29, 1.82) is 0 Å². The molecule has 0 unspecified atom stereocenters. The second kappa shape index (κ2) is 6.67. The molecule has 0 aromatic heterocycles. The molecule has 1 heterocycles. The summed E-state index contributed by atoms with van der Waals surface area (Å²) in [6.45, 7) is 2.04. The summed E-state index contributed by atoms with van der Waals surface area (Å²) in [4.78, 5) is 13.9. The first-order valence-electron chi connectivity index (χ1n) is 6.76. The van der Waals surface area contributed by atoms with Gasteiger partial charge in [-0.15, -0.1) is 0 Å². The Bertz CT molecular complexity index is 473. The summed E-state index contributed by atoms with van der Waals surface area (Å²) in [5, 5.41) is 11.7. The third kappa shape index (κ3) is 3.91. The van der Waals surface area contributed by atoms with Crippen LogP contribution in [0.25, 0.3) is 0 Å². The smallest absolute Gasteiger partial charge is 0.238 e. The van der Waals surface area contributed by atoms with E-state index in [0.29, 0.717) is 17.3 Å². The quantitative estimate of drug-likeness (QED) is 0.721. The van der Waals surface area contributed by atoms with Crippen molar-refractivity contribution >= 4 is 17.3 Å². The van der Waals surface area contributed by atoms with Gasteiger partial charge in [-0.3, -0.25) is 9.69 Å². The summed E-state index contributed by atoms with van der Waals surface area (Å²) in [5.74, 6) is -0.295. The van der Waals surface area contributed by atoms with Crippen LogP contribution in [-0.2, 0) is 4.79 Å². The molecule has 4 N–H and O–H groups in total. The van der Waals surface area contributed by atoms with Crippen LogP contribution in [0.1, 0.15) is 12.8 Å². The summed E-state index contributed by atoms with van der Waals surface area (Å²) in [6, 6.07) is 3.90. The number of piperidine rings is 1. The van der Waals surface area contributed by atoms with Gasteiger partial charge in [-0.1, -0.05) is 0 Å². The van der Waals surface area contributed by atoms with Crippen molar-refractivity contribution in [3.05, 3.63) is 24.0 Å². The highest BCUT2D eigenvalue weighted by Crippen LogP contribution is 2.20. The Morgan fingerprint density at radius 1 is 1.45 bits per heavy atom. The summed E-state index contributed by atoms with van der Waals surface area (Å²) in [6.07, 6.45) is 1.79. The fourth-order valence-electron chi connectivity index (χ4n) is 2.36. The Morgan fingerprint density at radius 3 is 2.80 bits per heavy atom. The van der Waals surface area contributed by atoms with Crippen LogP contribution in [-0.4, -0.2) is 42.2 Å². The van der Waals surface area contributed by atoms with E-state index in [1.54, 1.807) is 0 Å². The van der Waals surface area contributed by atoms with Crippen molar-refractivity contribution in [2.24, 2.45) is 5.92 Å². The van der Waals surface area contributed by atoms with Gasteiger partial charge in [-0.05, 0) is 50.0 Å². The molecule has 1 aromatic carbocycles. The molecule has 1 aliphatic heterocycles. The van der Waals surface area contributed by atoms with Gasteiger partial charge in [-0.25, -0.2) is 4.39 Å². The number of anilines is 2. The number of likely N-dealkylation sites (tertiary alicyclic amines) is 1. The van der Waals surface area contributed by atoms with Crippen LogP contribution in [0, 0.1) is 11.7 Å². The molecule has 1 fully saturated rings. The molecule has 6 heteroatoms. The number of carbonyl (C=O) groups excluding carboxylic acids is 1. The average molecular weight is 281 g/mol. The van der Waals surface area contributed by atoms with E-state index >= 15 is 0 Å². The molecule has 0 radical (unpaired) electrons. The Labute approximate surface area is 117 Å². The van der Waals surface area contributed by atoms with Crippen LogP contribution in [0.15, 0.2) is 18.2 Å². The fourth-order valence-corrected chi connectivity index (χ4v) is 2.36. The number of amides is 1. The third-order valence-electron chi connectivity index (χ3n) is 3.62. The third-order valence-corrected chi connectivity index (χ3v) is 3.62. The second-order valence-electron chi connectivity index (χ2n) is 5.18. The molecule has 1 amide bonds. The lowest BCUT2D eigenvalue weighted by molar-refractivity contribution is -0.117. The molecule has 0 atom stereocenters. The lowest BCUT2D eigenvalue weighted by Crippen LogP contribution is -2.39. The van der Waals surface area contributed by atoms with Crippen LogP contribution in [0.5, 0.6) is 0 Å². The molecule has 0 saturated carbocycles. The largest absolute Gasteiger partial charge is 0.397 e. The predicted molar refractivity (Wildman–Crippen MR) is 75.7 cm³/mol. The van der Waals surface area contributed by atoms with Gasteiger partial charge >= 0.3 is 0 Å². The molecule has 0 aliphatic carbocycles. The zero-order valence-electron chi connectivity index (χ0n) is 11.3. The normalized spacial score (nSPS) is 17.1. The molecule has 0 spiro atoms. The number of carbonyl (C=O) groups is 1. The van der Waals surface area contributed by atoms with Crippen molar-refractivity contribution < 1.29 is 14.3 Å². The van der Waals surface area contributed by atoms with E-state index in [1.165, 1.54) is 18.2 Å². The average Bonchev–Trinajstić information content (AvgIpc) is 2.43. The number of nitrogens with zero attached hydrogens (tertiary/aromatic N) is 1. The fraction of sp³-hybridized carbons (Fsp3) is 0.500. The zero-order chi connectivity index (χ0) is 14.5. The minimum atomic E-state index is -0.432. The van der Waals surface area contributed by atoms with Gasteiger partial charge in [0.25, 0.3) is 0 Å². The van der Waals surface area contributed by atoms with Crippen LogP contribution in [0.3, 0.4) is 0 Å². The molecule has 1 aliphatic rings. The number of nitrogen functional groups attached to an aromatic ring is 1. The van der Waals surface area contributed by atoms with Crippen molar-refractivity contribution in [3.63, 3.8) is 0 Å². The lowest BCUT2D eigenvalue weighted by Gasteiger charge is -2.30. The molecule has 1 aromatic rings. The van der Waals surface area contributed by atoms with Crippen LogP contribution in [0.4, 0.5) is 15.8 Å². The van der Waals surface area contributed by atoms with E-state index < -0.39 is 5.82 Å². The lowest BCUT2D eigenvalue weighted by atomic mass is 9.98. The predicted octanol–water partition coefficient (Wildman–Crippen LogP) is 1.05. The topological polar surface area (TPSA) is 78.6 Å². The number of nitrogens with two attached hydrogens (primary N) is 1. The standard InChI is InChI=1S/C14H20FN3O2/c15-11-1-2-12(16)13(7-11)17-14(20)8-18-5-3-10(9-19)4-6-18/h1-2,7,10,19H,3-6,8-9,16H2,(H,17,20). The second-order valence-corrected chi connectivity index (χ2v) is 5.18. The SMILES string of the molecule is Nc1ccc(F)cc1NC(=O)CN1CCC(CO)CC1. The minimum absolute atomic E-state index is 0.204. The van der Waals surface area contributed by atoms with Crippen LogP contribution in [0.2, 0.25) is 0 Å². The van der Waals surface area contributed by atoms with E-state index in [-0.39, 0.29) is 19.1 Å². The molecular formula is C14H20FN3O2. The maximum absolute atomic E-state index is 13.1. The summed E-state index contributed by atoms with van der Waals surface area (Å²) >= 11 is 0. The number of nitrogens with one attached hydrogen (secondary N) is 1. The first-order valence-corrected chi connectivity index (χ1v) is 6.76. The summed E-state index contributed by atoms with van der Waals surface area (Å²) in [5.41, 5.74) is 6.34. The number of benzene rings is 1. The number of halogens is 1. The molecule has 1 saturated heterocycles. The van der Waals surface area contributed by atoms with Crippen LogP contribution < -0.4 is 11.1 Å². The van der Waals surface area contributed by atoms with E-state index in [9.17, 15) is 9.18 Å². The summed E-state index contributed by atoms with van der Waals surface area (Å²) in [7, 11) is 0. The van der Waals surface area contributed by atoms with Crippen molar-refractivity contribution in [2.75, 3.05) is 37.3 Å². The highest BCUT2D eigenvalue weighted by Gasteiger charge is 2.20. The molecular weight excluding hydrogens is 261 g/mol. The maximum Gasteiger partial charge on any atom is 0.238 e. The van der Waals surface area contributed by atoms with Gasteiger partial charge in [0.1, 0.15) is 5.82 Å². The Hall–Kier alpha value is -1.66. The first-order chi connectivity index (χ1) is 9.58. The Balaban J connectivity index is 1.85. The molecule has 110 valence electrons. The molecule has 5 nitrogen and oxygen atoms in total. The van der Waals surface area contributed by atoms with E-state index in [0.717, 1.165) is 25.9 Å². The van der Waals surface area contributed by atoms with Gasteiger partial charge in [0, 0.05) is 6.61 Å². The maximum atomic E-state index is 13.1. The molecule has 20 heavy (non-hydrogen) atoms. The molecule has 0 bridgehead atoms. The number of hydrogen-bond donors (Lipinski definition) is 3. The minimum Gasteiger partial charge on any atom is -0.397 e.